The zero-order valence-electron chi connectivity index (χ0n) is 38.2. The SMILES string of the molecule is CCC(=O)N[B](NC(=O)CC)[Zr]([Cl])([Cl])([CH]1C(c2ccccc2)=Cc2c(-c3ccccc3C(C)(C)C)cccc21)[CH]1C(c2ccccc2)=Cc2c(-c3ccccc3C(C)(C)C)cccc21. The third-order valence-corrected chi connectivity index (χ3v) is 32.9. The molecule has 0 saturated carbocycles. The summed E-state index contributed by atoms with van der Waals surface area (Å²) in [6, 6.07) is 51.0. The average Bonchev–Trinajstić information content (AvgIpc) is 3.90. The number of amides is 2. The van der Waals surface area contributed by atoms with Gasteiger partial charge in [0.05, 0.1) is 0 Å². The Hall–Kier alpha value is -4.73. The Bertz CT molecular complexity index is 2630. The molecule has 2 amide bonds. The maximum atomic E-state index is 14.1. The van der Waals surface area contributed by atoms with Crippen LogP contribution in [0.5, 0.6) is 0 Å². The molecule has 2 unspecified atom stereocenters. The Balaban J connectivity index is 1.52. The average molecular weight is 964 g/mol. The van der Waals surface area contributed by atoms with Gasteiger partial charge >= 0.3 is 392 Å². The molecule has 0 aliphatic heterocycles. The molecule has 0 spiro atoms. The minimum atomic E-state index is -6.39. The Morgan fingerprint density at radius 2 is 0.844 bits per heavy atom. The summed E-state index contributed by atoms with van der Waals surface area (Å²) in [5.74, 6) is -0.480. The van der Waals surface area contributed by atoms with E-state index in [1.165, 1.54) is 11.1 Å². The predicted octanol–water partition coefficient (Wildman–Crippen LogP) is 14.5. The number of carbonyl (C=O) groups excluding carboxylic acids is 2. The van der Waals surface area contributed by atoms with Crippen LogP contribution in [-0.4, -0.2) is 16.3 Å². The zero-order chi connectivity index (χ0) is 45.6. The minimum absolute atomic E-state index is 0.140. The summed E-state index contributed by atoms with van der Waals surface area (Å²) in [5, 5.41) is 6.65. The molecule has 325 valence electrons. The van der Waals surface area contributed by atoms with Gasteiger partial charge in [-0.05, 0) is 0 Å². The monoisotopic (exact) mass is 961 g/mol. The molecule has 0 bridgehead atoms. The molecule has 0 fully saturated rings. The van der Waals surface area contributed by atoms with E-state index >= 15 is 0 Å². The maximum absolute atomic E-state index is 14.1. The Labute approximate surface area is 388 Å². The third kappa shape index (κ3) is 8.14. The van der Waals surface area contributed by atoms with Crippen molar-refractivity contribution in [1.82, 2.24) is 10.5 Å². The summed E-state index contributed by atoms with van der Waals surface area (Å²) in [4.78, 5) is 28.1. The Morgan fingerprint density at radius 1 is 0.500 bits per heavy atom. The number of rotatable bonds is 11. The number of hydrogen-bond donors (Lipinski definition) is 2. The molecule has 8 rings (SSSR count). The number of nitrogens with one attached hydrogen (secondary N) is 2. The van der Waals surface area contributed by atoms with Gasteiger partial charge in [0.25, 0.3) is 0 Å². The summed E-state index contributed by atoms with van der Waals surface area (Å²) < 4.78 is -2.28. The van der Waals surface area contributed by atoms with Gasteiger partial charge in [-0.1, -0.05) is 0 Å². The second-order valence-electron chi connectivity index (χ2n) is 19.5. The number of halogens is 2. The van der Waals surface area contributed by atoms with Crippen LogP contribution in [-0.2, 0) is 36.6 Å². The van der Waals surface area contributed by atoms with Crippen LogP contribution in [0.25, 0.3) is 45.6 Å². The van der Waals surface area contributed by atoms with Crippen molar-refractivity contribution in [2.24, 2.45) is 0 Å². The van der Waals surface area contributed by atoms with Crippen LogP contribution in [0.15, 0.2) is 146 Å². The van der Waals surface area contributed by atoms with Crippen molar-refractivity contribution in [3.05, 3.63) is 190 Å². The van der Waals surface area contributed by atoms with Gasteiger partial charge in [-0.3, -0.25) is 0 Å². The normalized spacial score (nSPS) is 16.4. The van der Waals surface area contributed by atoms with Gasteiger partial charge in [0, 0.05) is 0 Å². The van der Waals surface area contributed by atoms with E-state index in [9.17, 15) is 26.6 Å². The van der Waals surface area contributed by atoms with Gasteiger partial charge in [-0.25, -0.2) is 0 Å². The van der Waals surface area contributed by atoms with E-state index in [-0.39, 0.29) is 35.5 Å². The molecule has 2 N–H and O–H groups in total. The van der Waals surface area contributed by atoms with E-state index in [0.717, 1.165) is 66.8 Å². The predicted molar refractivity (Wildman–Crippen MR) is 270 cm³/mol. The molecule has 2 aliphatic carbocycles. The van der Waals surface area contributed by atoms with Crippen LogP contribution in [0, 0.1) is 0 Å². The molecule has 64 heavy (non-hydrogen) atoms. The first-order chi connectivity index (χ1) is 30.5. The van der Waals surface area contributed by atoms with Gasteiger partial charge in [-0.2, -0.15) is 0 Å². The van der Waals surface area contributed by atoms with Crippen molar-refractivity contribution < 1.29 is 25.8 Å². The summed E-state index contributed by atoms with van der Waals surface area (Å²) in [5.41, 5.74) is 14.6. The molecule has 4 nitrogen and oxygen atoms in total. The van der Waals surface area contributed by atoms with Gasteiger partial charge in [0.15, 0.2) is 0 Å². The van der Waals surface area contributed by atoms with E-state index in [4.69, 9.17) is 0 Å². The van der Waals surface area contributed by atoms with Gasteiger partial charge in [0.1, 0.15) is 0 Å². The zero-order valence-corrected chi connectivity index (χ0v) is 42.2. The van der Waals surface area contributed by atoms with Crippen LogP contribution in [0.4, 0.5) is 0 Å². The van der Waals surface area contributed by atoms with Crippen LogP contribution < -0.4 is 10.5 Å². The molecule has 0 radical (unpaired) electrons. The quantitative estimate of drug-likeness (QED) is 0.127. The molecular formula is C56H58BCl2N2O2Zr. The standard InChI is InChI=1S/2C25H23.C6H11BN2O2.2ClH.Zr/c2*1-25(2,3)24-15-8-7-13-22(24)21-14-9-12-19-16-20(17-23(19)21)18-10-5-4-6-11-18;1-3-5(10)8-7-9-6(11)4-2;;;/h2*4-17H,1-3H3;3-4H2,1-2H3,(H-,8,9,10,11);2*1H;/q;;;;;+1/p-1. The molecule has 6 aromatic rings. The van der Waals surface area contributed by atoms with E-state index in [0.29, 0.717) is 0 Å². The van der Waals surface area contributed by atoms with Gasteiger partial charge in [0.2, 0.25) is 0 Å². The fourth-order valence-electron chi connectivity index (χ4n) is 10.3. The first-order valence-electron chi connectivity index (χ1n) is 22.6. The number of benzene rings is 6. The molecular weight excluding hydrogens is 906 g/mol. The Morgan fingerprint density at radius 3 is 1.20 bits per heavy atom. The second-order valence-corrected chi connectivity index (χ2v) is 40.9. The van der Waals surface area contributed by atoms with Crippen molar-refractivity contribution in [3.8, 4) is 22.3 Å². The third-order valence-electron chi connectivity index (χ3n) is 13.3. The second kappa shape index (κ2) is 17.6. The van der Waals surface area contributed by atoms with E-state index in [1.807, 2.05) is 50.2 Å². The van der Waals surface area contributed by atoms with Crippen LogP contribution in [0.2, 0.25) is 0 Å². The van der Waals surface area contributed by atoms with Crippen molar-refractivity contribution in [3.63, 3.8) is 0 Å². The molecule has 2 atom stereocenters. The number of hydrogen-bond acceptors (Lipinski definition) is 2. The number of fused-ring (bicyclic) bond motifs is 2. The van der Waals surface area contributed by atoms with Crippen molar-refractivity contribution in [2.75, 3.05) is 0 Å². The van der Waals surface area contributed by atoms with E-state index < -0.39 is 27.9 Å². The number of carbonyl (C=O) groups is 2. The molecule has 2 aliphatic rings. The number of allylic oxidation sites excluding steroid dienone is 2. The first kappa shape index (κ1) is 45.8. The summed E-state index contributed by atoms with van der Waals surface area (Å²) >= 11 is -6.39. The van der Waals surface area contributed by atoms with Gasteiger partial charge in [-0.15, -0.1) is 0 Å². The summed E-state index contributed by atoms with van der Waals surface area (Å²) in [6.07, 6.45) is 4.95. The molecule has 6 aromatic carbocycles. The van der Waals surface area contributed by atoms with Gasteiger partial charge < -0.3 is 0 Å². The molecule has 0 saturated heterocycles. The first-order valence-corrected chi connectivity index (χ1v) is 33.2. The fraction of sp³-hybridized carbons (Fsp3) is 0.250. The molecule has 0 heterocycles. The van der Waals surface area contributed by atoms with Crippen molar-refractivity contribution in [2.45, 2.75) is 86.3 Å². The van der Waals surface area contributed by atoms with Crippen LogP contribution in [0.1, 0.15) is 120 Å². The fourth-order valence-corrected chi connectivity index (χ4v) is 30.1. The van der Waals surface area contributed by atoms with Crippen LogP contribution in [0.3, 0.4) is 0 Å². The topological polar surface area (TPSA) is 58.2 Å². The van der Waals surface area contributed by atoms with Crippen LogP contribution >= 0.6 is 17.0 Å². The summed E-state index contributed by atoms with van der Waals surface area (Å²) in [7, 11) is 18.4. The Kier molecular flexibility index (Phi) is 12.6. The molecule has 0 aromatic heterocycles. The van der Waals surface area contributed by atoms with Crippen molar-refractivity contribution in [1.29, 1.82) is 0 Å². The molecule has 8 heteroatoms. The van der Waals surface area contributed by atoms with E-state index in [1.54, 1.807) is 0 Å². The van der Waals surface area contributed by atoms with E-state index in [2.05, 4.69) is 173 Å². The van der Waals surface area contributed by atoms with Crippen molar-refractivity contribution >= 4 is 56.7 Å². The summed E-state index contributed by atoms with van der Waals surface area (Å²) in [6.45, 7) is 17.1.